The normalized spacial score (nSPS) is 11.7. The van der Waals surface area contributed by atoms with Gasteiger partial charge in [0.2, 0.25) is 10.0 Å². The van der Waals surface area contributed by atoms with Gasteiger partial charge in [0.15, 0.2) is 0 Å². The molecule has 0 unspecified atom stereocenters. The first-order valence-corrected chi connectivity index (χ1v) is 8.78. The maximum Gasteiger partial charge on any atom is 0.229 e. The van der Waals surface area contributed by atoms with Crippen molar-refractivity contribution in [1.29, 1.82) is 0 Å². The van der Waals surface area contributed by atoms with Crippen LogP contribution in [-0.4, -0.2) is 24.5 Å². The van der Waals surface area contributed by atoms with Crippen LogP contribution in [0, 0.1) is 13.8 Å². The molecule has 0 saturated heterocycles. The molecule has 1 heterocycles. The van der Waals surface area contributed by atoms with Crippen LogP contribution in [0.5, 0.6) is 0 Å². The molecule has 0 atom stereocenters. The summed E-state index contributed by atoms with van der Waals surface area (Å²) in [6.07, 6.45) is 1.11. The van der Waals surface area contributed by atoms with Crippen LogP contribution in [0.15, 0.2) is 18.2 Å². The molecule has 0 spiro atoms. The summed E-state index contributed by atoms with van der Waals surface area (Å²) in [4.78, 5) is 0. The van der Waals surface area contributed by atoms with Crippen LogP contribution >= 0.6 is 23.2 Å². The van der Waals surface area contributed by atoms with Crippen molar-refractivity contribution >= 4 is 38.9 Å². The zero-order chi connectivity index (χ0) is 15.8. The number of aryl methyl sites for hydroxylation is 1. The number of rotatable bonds is 4. The monoisotopic (exact) mass is 347 g/mol. The second-order valence-electron chi connectivity index (χ2n) is 4.81. The molecule has 1 aromatic carbocycles. The van der Waals surface area contributed by atoms with Gasteiger partial charge in [0.1, 0.15) is 0 Å². The molecule has 0 aliphatic rings. The highest BCUT2D eigenvalue weighted by Gasteiger charge is 2.15. The second-order valence-corrected chi connectivity index (χ2v) is 7.41. The van der Waals surface area contributed by atoms with E-state index in [1.807, 2.05) is 6.07 Å². The zero-order valence-corrected chi connectivity index (χ0v) is 14.1. The maximum absolute atomic E-state index is 11.4. The summed E-state index contributed by atoms with van der Waals surface area (Å²) in [5.41, 5.74) is 2.70. The van der Waals surface area contributed by atoms with Crippen LogP contribution in [0.25, 0.3) is 0 Å². The predicted molar refractivity (Wildman–Crippen MR) is 85.7 cm³/mol. The minimum absolute atomic E-state index is 0.439. The molecule has 0 radical (unpaired) electrons. The van der Waals surface area contributed by atoms with Crippen molar-refractivity contribution in [2.75, 3.05) is 11.0 Å². The average Bonchev–Trinajstić information content (AvgIpc) is 2.59. The predicted octanol–water partition coefficient (Wildman–Crippen LogP) is 3.23. The molecule has 0 fully saturated rings. The van der Waals surface area contributed by atoms with Gasteiger partial charge in [-0.2, -0.15) is 5.10 Å². The quantitative estimate of drug-likeness (QED) is 0.923. The Balaban J connectivity index is 2.36. The van der Waals surface area contributed by atoms with Gasteiger partial charge < -0.3 is 0 Å². The number of nitrogens with zero attached hydrogens (tertiary/aromatic N) is 2. The molecule has 0 aliphatic heterocycles. The Hall–Kier alpha value is -1.24. The fourth-order valence-electron chi connectivity index (χ4n) is 2.00. The van der Waals surface area contributed by atoms with E-state index in [0.717, 1.165) is 17.5 Å². The molecular weight excluding hydrogens is 333 g/mol. The van der Waals surface area contributed by atoms with Crippen molar-refractivity contribution < 1.29 is 8.42 Å². The van der Waals surface area contributed by atoms with E-state index in [0.29, 0.717) is 28.0 Å². The van der Waals surface area contributed by atoms with Gasteiger partial charge in [-0.1, -0.05) is 29.3 Å². The molecule has 0 bridgehead atoms. The third kappa shape index (κ3) is 3.90. The van der Waals surface area contributed by atoms with Gasteiger partial charge >= 0.3 is 0 Å². The van der Waals surface area contributed by atoms with Gasteiger partial charge in [0.25, 0.3) is 0 Å². The summed E-state index contributed by atoms with van der Waals surface area (Å²) in [5.74, 6) is 0. The van der Waals surface area contributed by atoms with E-state index in [-0.39, 0.29) is 0 Å². The molecule has 5 nitrogen and oxygen atoms in total. The summed E-state index contributed by atoms with van der Waals surface area (Å²) in [5, 5.41) is 5.47. The Labute approximate surface area is 133 Å². The molecule has 8 heteroatoms. The highest BCUT2D eigenvalue weighted by Crippen LogP contribution is 2.25. The van der Waals surface area contributed by atoms with Crippen LogP contribution in [-0.2, 0) is 16.6 Å². The van der Waals surface area contributed by atoms with Crippen molar-refractivity contribution in [3.63, 3.8) is 0 Å². The van der Waals surface area contributed by atoms with E-state index in [1.54, 1.807) is 30.7 Å². The van der Waals surface area contributed by atoms with Crippen LogP contribution < -0.4 is 4.72 Å². The van der Waals surface area contributed by atoms with Crippen molar-refractivity contribution in [3.05, 3.63) is 45.2 Å². The summed E-state index contributed by atoms with van der Waals surface area (Å²) in [7, 11) is -3.34. The number of halogens is 2. The van der Waals surface area contributed by atoms with Crippen molar-refractivity contribution in [1.82, 2.24) is 9.78 Å². The Morgan fingerprint density at radius 2 is 1.95 bits per heavy atom. The second kappa shape index (κ2) is 5.87. The van der Waals surface area contributed by atoms with Gasteiger partial charge in [0.05, 0.1) is 29.9 Å². The lowest BCUT2D eigenvalue weighted by molar-refractivity contribution is 0.606. The minimum atomic E-state index is -3.34. The number of anilines is 1. The van der Waals surface area contributed by atoms with E-state index in [9.17, 15) is 8.42 Å². The summed E-state index contributed by atoms with van der Waals surface area (Å²) >= 11 is 12.0. The first-order valence-electron chi connectivity index (χ1n) is 6.13. The molecule has 1 aromatic heterocycles. The Bertz CT molecular complexity index is 785. The molecule has 0 amide bonds. The van der Waals surface area contributed by atoms with E-state index in [1.165, 1.54) is 0 Å². The number of sulfonamides is 1. The van der Waals surface area contributed by atoms with Crippen molar-refractivity contribution in [2.24, 2.45) is 0 Å². The summed E-state index contributed by atoms with van der Waals surface area (Å²) in [6, 6.07) is 5.24. The van der Waals surface area contributed by atoms with Crippen LogP contribution in [0.3, 0.4) is 0 Å². The smallest absolute Gasteiger partial charge is 0.229 e. The standard InChI is InChI=1S/C13H15Cl2N3O2S/c1-8-13(17-21(3,19)20)9(2)18(16-8)7-10-4-5-11(14)6-12(10)15/h4-6,17H,7H2,1-3H3. The molecule has 21 heavy (non-hydrogen) atoms. The third-order valence-electron chi connectivity index (χ3n) is 3.00. The molecule has 114 valence electrons. The highest BCUT2D eigenvalue weighted by atomic mass is 35.5. The Morgan fingerprint density at radius 1 is 1.29 bits per heavy atom. The molecule has 0 aliphatic carbocycles. The number of aromatic nitrogens is 2. The first kappa shape index (κ1) is 16.1. The molecular formula is C13H15Cl2N3O2S. The van der Waals surface area contributed by atoms with Gasteiger partial charge in [0, 0.05) is 10.0 Å². The van der Waals surface area contributed by atoms with E-state index in [2.05, 4.69) is 9.82 Å². The lowest BCUT2D eigenvalue weighted by atomic mass is 10.2. The highest BCUT2D eigenvalue weighted by molar-refractivity contribution is 7.92. The topological polar surface area (TPSA) is 64.0 Å². The van der Waals surface area contributed by atoms with Crippen LogP contribution in [0.2, 0.25) is 10.0 Å². The maximum atomic E-state index is 11.4. The summed E-state index contributed by atoms with van der Waals surface area (Å²) in [6.45, 7) is 3.99. The van der Waals surface area contributed by atoms with Crippen molar-refractivity contribution in [3.8, 4) is 0 Å². The first-order chi connectivity index (χ1) is 9.67. The van der Waals surface area contributed by atoms with Gasteiger partial charge in [-0.3, -0.25) is 9.40 Å². The average molecular weight is 348 g/mol. The Kier molecular flexibility index (Phi) is 4.51. The SMILES string of the molecule is Cc1nn(Cc2ccc(Cl)cc2Cl)c(C)c1NS(C)(=O)=O. The van der Waals surface area contributed by atoms with Gasteiger partial charge in [-0.25, -0.2) is 8.42 Å². The third-order valence-corrected chi connectivity index (χ3v) is 4.17. The number of benzene rings is 1. The lowest BCUT2D eigenvalue weighted by Gasteiger charge is -2.08. The van der Waals surface area contributed by atoms with Crippen LogP contribution in [0.1, 0.15) is 17.0 Å². The largest absolute Gasteiger partial charge is 0.280 e. The molecule has 0 saturated carbocycles. The molecule has 2 aromatic rings. The Morgan fingerprint density at radius 3 is 2.52 bits per heavy atom. The van der Waals surface area contributed by atoms with E-state index < -0.39 is 10.0 Å². The van der Waals surface area contributed by atoms with E-state index in [4.69, 9.17) is 23.2 Å². The molecule has 1 N–H and O–H groups in total. The van der Waals surface area contributed by atoms with Crippen LogP contribution in [0.4, 0.5) is 5.69 Å². The minimum Gasteiger partial charge on any atom is -0.280 e. The fourth-order valence-corrected chi connectivity index (χ4v) is 3.13. The number of hydrogen-bond acceptors (Lipinski definition) is 3. The fraction of sp³-hybridized carbons (Fsp3) is 0.308. The summed E-state index contributed by atoms with van der Waals surface area (Å²) < 4.78 is 26.9. The van der Waals surface area contributed by atoms with Gasteiger partial charge in [-0.05, 0) is 31.5 Å². The number of hydrogen-bond donors (Lipinski definition) is 1. The number of nitrogens with one attached hydrogen (secondary N) is 1. The lowest BCUT2D eigenvalue weighted by Crippen LogP contribution is -2.11. The van der Waals surface area contributed by atoms with Gasteiger partial charge in [-0.15, -0.1) is 0 Å². The van der Waals surface area contributed by atoms with E-state index >= 15 is 0 Å². The molecule has 2 rings (SSSR count). The zero-order valence-electron chi connectivity index (χ0n) is 11.8. The van der Waals surface area contributed by atoms with Crippen molar-refractivity contribution in [2.45, 2.75) is 20.4 Å².